The predicted octanol–water partition coefficient (Wildman–Crippen LogP) is 1.79. The highest BCUT2D eigenvalue weighted by Crippen LogP contribution is 2.18. The number of nitrogens with one attached hydrogen (secondary N) is 1. The number of hydrogen-bond donors (Lipinski definition) is 1. The molecule has 2 aromatic heterocycles. The van der Waals surface area contributed by atoms with Crippen molar-refractivity contribution in [2.45, 2.75) is 33.4 Å². The minimum absolute atomic E-state index is 0.245. The predicted molar refractivity (Wildman–Crippen MR) is 70.0 cm³/mol. The van der Waals surface area contributed by atoms with Crippen LogP contribution in [-0.2, 0) is 22.6 Å². The van der Waals surface area contributed by atoms with Crippen molar-refractivity contribution >= 4 is 29.4 Å². The average Bonchev–Trinajstić information content (AvgIpc) is 2.84. The molecule has 2 rings (SSSR count). The molecular formula is C11H16N4O2S. The Hall–Kier alpha value is -1.63. The van der Waals surface area contributed by atoms with Gasteiger partial charge in [0.15, 0.2) is 10.4 Å². The summed E-state index contributed by atoms with van der Waals surface area (Å²) in [6, 6.07) is 0. The number of methoxy groups -OCH3 is 1. The second-order valence-corrected chi connectivity index (χ2v) is 4.39. The first-order valence-corrected chi connectivity index (χ1v) is 6.22. The third-order valence-electron chi connectivity index (χ3n) is 2.90. The number of H-pyrrole nitrogens is 1. The lowest BCUT2D eigenvalue weighted by atomic mass is 10.4. The Kier molecular flexibility index (Phi) is 3.51. The van der Waals surface area contributed by atoms with Crippen LogP contribution < -0.4 is 0 Å². The molecule has 0 aromatic carbocycles. The molecule has 0 unspecified atom stereocenters. The summed E-state index contributed by atoms with van der Waals surface area (Å²) >= 11 is 5.28. The van der Waals surface area contributed by atoms with Crippen LogP contribution in [0.15, 0.2) is 0 Å². The lowest BCUT2D eigenvalue weighted by molar-refractivity contribution is -0.140. The molecule has 0 saturated heterocycles. The quantitative estimate of drug-likeness (QED) is 0.678. The van der Waals surface area contributed by atoms with Crippen molar-refractivity contribution in [3.8, 4) is 0 Å². The number of aromatic amines is 1. The fourth-order valence-electron chi connectivity index (χ4n) is 1.99. The summed E-state index contributed by atoms with van der Waals surface area (Å²) in [6.45, 7) is 5.21. The lowest BCUT2D eigenvalue weighted by Crippen LogP contribution is -2.09. The van der Waals surface area contributed by atoms with Crippen LogP contribution in [0.4, 0.5) is 0 Å². The lowest BCUT2D eigenvalue weighted by Gasteiger charge is -2.05. The smallest absolute Gasteiger partial charge is 0.307 e. The van der Waals surface area contributed by atoms with E-state index in [1.165, 1.54) is 7.11 Å². The van der Waals surface area contributed by atoms with Gasteiger partial charge in [-0.05, 0) is 26.1 Å². The van der Waals surface area contributed by atoms with Gasteiger partial charge < -0.3 is 14.3 Å². The van der Waals surface area contributed by atoms with E-state index in [1.54, 1.807) is 0 Å². The van der Waals surface area contributed by atoms with E-state index in [0.29, 0.717) is 17.7 Å². The van der Waals surface area contributed by atoms with Crippen molar-refractivity contribution in [3.63, 3.8) is 0 Å². The highest BCUT2D eigenvalue weighted by molar-refractivity contribution is 7.71. The van der Waals surface area contributed by atoms with Gasteiger partial charge in [-0.2, -0.15) is 5.10 Å². The summed E-state index contributed by atoms with van der Waals surface area (Å²) in [4.78, 5) is 14.3. The van der Waals surface area contributed by atoms with Gasteiger partial charge in [0.1, 0.15) is 5.52 Å². The SMILES string of the molecule is CCn1nc(C)c2[nH]c(=S)n(CCC(=O)OC)c21. The molecule has 0 saturated carbocycles. The van der Waals surface area contributed by atoms with E-state index in [0.717, 1.165) is 23.4 Å². The Labute approximate surface area is 110 Å². The first-order chi connectivity index (χ1) is 8.58. The molecule has 0 aliphatic carbocycles. The zero-order valence-electron chi connectivity index (χ0n) is 10.7. The van der Waals surface area contributed by atoms with Gasteiger partial charge in [0.05, 0.1) is 19.2 Å². The standard InChI is InChI=1S/C11H16N4O2S/c1-4-15-10-9(7(2)13-15)12-11(18)14(10)6-5-8(16)17-3/h4-6H2,1-3H3,(H,12,18). The number of ether oxygens (including phenoxy) is 1. The normalized spacial score (nSPS) is 11.1. The van der Waals surface area contributed by atoms with E-state index in [9.17, 15) is 4.79 Å². The summed E-state index contributed by atoms with van der Waals surface area (Å²) < 4.78 is 9.03. The maximum Gasteiger partial charge on any atom is 0.307 e. The monoisotopic (exact) mass is 268 g/mol. The molecule has 1 N–H and O–H groups in total. The summed E-state index contributed by atoms with van der Waals surface area (Å²) in [5.41, 5.74) is 2.78. The molecule has 18 heavy (non-hydrogen) atoms. The Bertz CT molecular complexity index is 637. The van der Waals surface area contributed by atoms with E-state index in [4.69, 9.17) is 12.2 Å². The zero-order valence-corrected chi connectivity index (χ0v) is 11.5. The molecule has 6 nitrogen and oxygen atoms in total. The second-order valence-electron chi connectivity index (χ2n) is 4.01. The van der Waals surface area contributed by atoms with Gasteiger partial charge in [0, 0.05) is 13.1 Å². The zero-order chi connectivity index (χ0) is 13.3. The average molecular weight is 268 g/mol. The molecule has 0 fully saturated rings. The van der Waals surface area contributed by atoms with Gasteiger partial charge in [-0.1, -0.05) is 0 Å². The summed E-state index contributed by atoms with van der Waals surface area (Å²) in [5.74, 6) is -0.245. The number of carbonyl (C=O) groups excluding carboxylic acids is 1. The van der Waals surface area contributed by atoms with Crippen molar-refractivity contribution in [3.05, 3.63) is 10.5 Å². The van der Waals surface area contributed by atoms with E-state index >= 15 is 0 Å². The minimum Gasteiger partial charge on any atom is -0.469 e. The number of carbonyl (C=O) groups is 1. The fraction of sp³-hybridized carbons (Fsp3) is 0.545. The van der Waals surface area contributed by atoms with Crippen molar-refractivity contribution in [2.75, 3.05) is 7.11 Å². The van der Waals surface area contributed by atoms with Crippen molar-refractivity contribution < 1.29 is 9.53 Å². The van der Waals surface area contributed by atoms with Gasteiger partial charge >= 0.3 is 5.97 Å². The number of aromatic nitrogens is 4. The van der Waals surface area contributed by atoms with Crippen LogP contribution in [-0.4, -0.2) is 32.4 Å². The maximum atomic E-state index is 11.2. The molecule has 0 atom stereocenters. The van der Waals surface area contributed by atoms with E-state index in [1.807, 2.05) is 23.1 Å². The Balaban J connectivity index is 2.45. The molecule has 0 amide bonds. The van der Waals surface area contributed by atoms with Gasteiger partial charge in [-0.3, -0.25) is 4.79 Å². The highest BCUT2D eigenvalue weighted by atomic mass is 32.1. The number of fused-ring (bicyclic) bond motifs is 1. The molecule has 7 heteroatoms. The van der Waals surface area contributed by atoms with Crippen LogP contribution >= 0.6 is 12.2 Å². The molecule has 0 bridgehead atoms. The highest BCUT2D eigenvalue weighted by Gasteiger charge is 2.14. The molecule has 98 valence electrons. The summed E-state index contributed by atoms with van der Waals surface area (Å²) in [5, 5.41) is 4.42. The van der Waals surface area contributed by atoms with Gasteiger partial charge in [0.2, 0.25) is 0 Å². The largest absolute Gasteiger partial charge is 0.469 e. The third kappa shape index (κ3) is 2.05. The van der Waals surface area contributed by atoms with Crippen LogP contribution in [0.25, 0.3) is 11.2 Å². The van der Waals surface area contributed by atoms with Crippen LogP contribution in [0.2, 0.25) is 0 Å². The molecule has 2 heterocycles. The number of nitrogens with zero attached hydrogens (tertiary/aromatic N) is 3. The van der Waals surface area contributed by atoms with E-state index in [2.05, 4.69) is 14.8 Å². The number of esters is 1. The summed E-state index contributed by atoms with van der Waals surface area (Å²) in [7, 11) is 1.38. The molecule has 0 spiro atoms. The van der Waals surface area contributed by atoms with Crippen molar-refractivity contribution in [1.82, 2.24) is 19.3 Å². The Morgan fingerprint density at radius 3 is 2.89 bits per heavy atom. The molecule has 2 aromatic rings. The van der Waals surface area contributed by atoms with Crippen molar-refractivity contribution in [1.29, 1.82) is 0 Å². The number of imidazole rings is 1. The molecule has 0 aliphatic heterocycles. The minimum atomic E-state index is -0.245. The first kappa shape index (κ1) is 12.8. The number of hydrogen-bond acceptors (Lipinski definition) is 4. The Morgan fingerprint density at radius 1 is 1.56 bits per heavy atom. The van der Waals surface area contributed by atoms with Crippen LogP contribution in [0.1, 0.15) is 19.0 Å². The number of rotatable bonds is 4. The second kappa shape index (κ2) is 4.93. The molecule has 0 aliphatic rings. The van der Waals surface area contributed by atoms with Gasteiger partial charge in [-0.25, -0.2) is 4.68 Å². The van der Waals surface area contributed by atoms with Crippen molar-refractivity contribution in [2.24, 2.45) is 0 Å². The molecular weight excluding hydrogens is 252 g/mol. The molecule has 0 radical (unpaired) electrons. The Morgan fingerprint density at radius 2 is 2.28 bits per heavy atom. The van der Waals surface area contributed by atoms with E-state index < -0.39 is 0 Å². The van der Waals surface area contributed by atoms with Crippen LogP contribution in [0, 0.1) is 11.7 Å². The fourth-order valence-corrected chi connectivity index (χ4v) is 2.27. The maximum absolute atomic E-state index is 11.2. The first-order valence-electron chi connectivity index (χ1n) is 5.81. The third-order valence-corrected chi connectivity index (χ3v) is 3.22. The number of aryl methyl sites for hydroxylation is 3. The van der Waals surface area contributed by atoms with E-state index in [-0.39, 0.29) is 5.97 Å². The topological polar surface area (TPSA) is 64.8 Å². The van der Waals surface area contributed by atoms with Gasteiger partial charge in [0.25, 0.3) is 0 Å². The van der Waals surface area contributed by atoms with Crippen LogP contribution in [0.3, 0.4) is 0 Å². The van der Waals surface area contributed by atoms with Crippen LogP contribution in [0.5, 0.6) is 0 Å². The summed E-state index contributed by atoms with van der Waals surface area (Å²) in [6.07, 6.45) is 0.297. The van der Waals surface area contributed by atoms with Gasteiger partial charge in [-0.15, -0.1) is 0 Å².